The summed E-state index contributed by atoms with van der Waals surface area (Å²) in [6.07, 6.45) is 7.87. The lowest BCUT2D eigenvalue weighted by Crippen LogP contribution is -2.40. The summed E-state index contributed by atoms with van der Waals surface area (Å²) in [5, 5.41) is 3.11. The van der Waals surface area contributed by atoms with Crippen molar-refractivity contribution in [2.45, 2.75) is 32.7 Å². The average Bonchev–Trinajstić information content (AvgIpc) is 2.67. The number of rotatable bonds is 5. The van der Waals surface area contributed by atoms with Crippen LogP contribution in [0.3, 0.4) is 0 Å². The van der Waals surface area contributed by atoms with E-state index < -0.39 is 0 Å². The van der Waals surface area contributed by atoms with Gasteiger partial charge in [0.2, 0.25) is 5.91 Å². The van der Waals surface area contributed by atoms with Crippen molar-refractivity contribution in [3.05, 3.63) is 54.0 Å². The first-order valence-corrected chi connectivity index (χ1v) is 8.63. The zero-order valence-electron chi connectivity index (χ0n) is 14.1. The van der Waals surface area contributed by atoms with E-state index in [1.807, 2.05) is 12.1 Å². The quantitative estimate of drug-likeness (QED) is 0.918. The standard InChI is InChI=1S/C19H24N4O/c1-2-15-5-3-4-6-17(15)13-22-19(24)16-7-11-23(12-8-16)18-14-20-9-10-21-18/h3-6,9-10,14,16H,2,7-8,11-13H2,1H3,(H,22,24). The van der Waals surface area contributed by atoms with E-state index in [9.17, 15) is 4.79 Å². The van der Waals surface area contributed by atoms with Gasteiger partial charge in [0, 0.05) is 37.9 Å². The zero-order valence-corrected chi connectivity index (χ0v) is 14.1. The predicted molar refractivity (Wildman–Crippen MR) is 94.6 cm³/mol. The van der Waals surface area contributed by atoms with Gasteiger partial charge >= 0.3 is 0 Å². The first kappa shape index (κ1) is 16.4. The first-order chi connectivity index (χ1) is 11.8. The van der Waals surface area contributed by atoms with Crippen LogP contribution in [0.25, 0.3) is 0 Å². The van der Waals surface area contributed by atoms with Crippen LogP contribution in [-0.4, -0.2) is 29.0 Å². The van der Waals surface area contributed by atoms with E-state index in [0.717, 1.165) is 38.2 Å². The Morgan fingerprint density at radius 2 is 1.96 bits per heavy atom. The maximum absolute atomic E-state index is 12.5. The molecule has 1 N–H and O–H groups in total. The largest absolute Gasteiger partial charge is 0.355 e. The zero-order chi connectivity index (χ0) is 16.8. The number of nitrogens with one attached hydrogen (secondary N) is 1. The van der Waals surface area contributed by atoms with E-state index in [0.29, 0.717) is 6.54 Å². The van der Waals surface area contributed by atoms with Crippen molar-refractivity contribution < 1.29 is 4.79 Å². The van der Waals surface area contributed by atoms with Crippen molar-refractivity contribution in [2.24, 2.45) is 5.92 Å². The molecule has 5 nitrogen and oxygen atoms in total. The van der Waals surface area contributed by atoms with Gasteiger partial charge < -0.3 is 10.2 Å². The fourth-order valence-electron chi connectivity index (χ4n) is 3.23. The van der Waals surface area contributed by atoms with Gasteiger partial charge in [-0.15, -0.1) is 0 Å². The molecule has 1 aliphatic rings. The molecule has 3 rings (SSSR count). The van der Waals surface area contributed by atoms with Crippen LogP contribution in [0, 0.1) is 5.92 Å². The predicted octanol–water partition coefficient (Wildman–Crippen LogP) is 2.57. The number of aromatic nitrogens is 2. The molecular weight excluding hydrogens is 300 g/mol. The van der Waals surface area contributed by atoms with Crippen LogP contribution in [0.2, 0.25) is 0 Å². The number of piperidine rings is 1. The monoisotopic (exact) mass is 324 g/mol. The molecular formula is C19H24N4O. The number of aryl methyl sites for hydroxylation is 1. The number of carbonyl (C=O) groups excluding carboxylic acids is 1. The van der Waals surface area contributed by atoms with Gasteiger partial charge in [-0.2, -0.15) is 0 Å². The van der Waals surface area contributed by atoms with Gasteiger partial charge in [-0.25, -0.2) is 4.98 Å². The summed E-state index contributed by atoms with van der Waals surface area (Å²) in [6.45, 7) is 4.46. The van der Waals surface area contributed by atoms with Crippen molar-refractivity contribution in [2.75, 3.05) is 18.0 Å². The van der Waals surface area contributed by atoms with E-state index in [1.54, 1.807) is 18.6 Å². The molecule has 0 unspecified atom stereocenters. The molecule has 0 bridgehead atoms. The third-order valence-electron chi connectivity index (χ3n) is 4.69. The Morgan fingerprint density at radius 1 is 1.21 bits per heavy atom. The molecule has 0 atom stereocenters. The van der Waals surface area contributed by atoms with E-state index in [4.69, 9.17) is 0 Å². The van der Waals surface area contributed by atoms with Crippen molar-refractivity contribution in [1.29, 1.82) is 0 Å². The fourth-order valence-corrected chi connectivity index (χ4v) is 3.23. The lowest BCUT2D eigenvalue weighted by atomic mass is 9.95. The number of anilines is 1. The number of nitrogens with zero attached hydrogens (tertiary/aromatic N) is 3. The first-order valence-electron chi connectivity index (χ1n) is 8.63. The Morgan fingerprint density at radius 3 is 2.62 bits per heavy atom. The molecule has 1 aliphatic heterocycles. The number of benzene rings is 1. The summed E-state index contributed by atoms with van der Waals surface area (Å²) in [6, 6.07) is 8.29. The van der Waals surface area contributed by atoms with E-state index >= 15 is 0 Å². The van der Waals surface area contributed by atoms with E-state index in [2.05, 4.69) is 39.2 Å². The maximum atomic E-state index is 12.5. The second-order valence-corrected chi connectivity index (χ2v) is 6.17. The Bertz CT molecular complexity index is 666. The molecule has 0 saturated carbocycles. The van der Waals surface area contributed by atoms with Crippen LogP contribution in [0.4, 0.5) is 5.82 Å². The summed E-state index contributed by atoms with van der Waals surface area (Å²) < 4.78 is 0. The fraction of sp³-hybridized carbons (Fsp3) is 0.421. The lowest BCUT2D eigenvalue weighted by Gasteiger charge is -2.31. The second kappa shape index (κ2) is 7.90. The molecule has 2 heterocycles. The van der Waals surface area contributed by atoms with Gasteiger partial charge in [0.25, 0.3) is 0 Å². The molecule has 0 aliphatic carbocycles. The number of carbonyl (C=O) groups is 1. The topological polar surface area (TPSA) is 58.1 Å². The molecule has 1 saturated heterocycles. The highest BCUT2D eigenvalue weighted by atomic mass is 16.1. The molecule has 0 radical (unpaired) electrons. The van der Waals surface area contributed by atoms with Crippen molar-refractivity contribution in [1.82, 2.24) is 15.3 Å². The minimum absolute atomic E-state index is 0.0895. The van der Waals surface area contributed by atoms with Gasteiger partial charge in [0.05, 0.1) is 6.20 Å². The second-order valence-electron chi connectivity index (χ2n) is 6.17. The molecule has 126 valence electrons. The van der Waals surface area contributed by atoms with E-state index in [1.165, 1.54) is 11.1 Å². The summed E-state index contributed by atoms with van der Waals surface area (Å²) >= 11 is 0. The molecule has 1 aromatic carbocycles. The van der Waals surface area contributed by atoms with Crippen LogP contribution in [0.15, 0.2) is 42.9 Å². The summed E-state index contributed by atoms with van der Waals surface area (Å²) in [4.78, 5) is 23.1. The normalized spacial score (nSPS) is 15.3. The van der Waals surface area contributed by atoms with Crippen LogP contribution >= 0.6 is 0 Å². The average molecular weight is 324 g/mol. The maximum Gasteiger partial charge on any atom is 0.223 e. The van der Waals surface area contributed by atoms with Gasteiger partial charge in [-0.3, -0.25) is 9.78 Å². The number of amides is 1. The molecule has 1 aromatic heterocycles. The molecule has 2 aromatic rings. The minimum Gasteiger partial charge on any atom is -0.355 e. The smallest absolute Gasteiger partial charge is 0.223 e. The van der Waals surface area contributed by atoms with E-state index in [-0.39, 0.29) is 11.8 Å². The highest BCUT2D eigenvalue weighted by Gasteiger charge is 2.25. The van der Waals surface area contributed by atoms with Gasteiger partial charge in [0.1, 0.15) is 5.82 Å². The van der Waals surface area contributed by atoms with Crippen LogP contribution in [0.1, 0.15) is 30.9 Å². The van der Waals surface area contributed by atoms with Crippen molar-refractivity contribution >= 4 is 11.7 Å². The molecule has 5 heteroatoms. The lowest BCUT2D eigenvalue weighted by molar-refractivity contribution is -0.125. The van der Waals surface area contributed by atoms with Crippen LogP contribution < -0.4 is 10.2 Å². The Balaban J connectivity index is 1.50. The number of hydrogen-bond donors (Lipinski definition) is 1. The van der Waals surface area contributed by atoms with Crippen molar-refractivity contribution in [3.8, 4) is 0 Å². The molecule has 0 spiro atoms. The highest BCUT2D eigenvalue weighted by Crippen LogP contribution is 2.21. The third-order valence-corrected chi connectivity index (χ3v) is 4.69. The molecule has 1 fully saturated rings. The van der Waals surface area contributed by atoms with Crippen molar-refractivity contribution in [3.63, 3.8) is 0 Å². The molecule has 24 heavy (non-hydrogen) atoms. The van der Waals surface area contributed by atoms with Crippen LogP contribution in [0.5, 0.6) is 0 Å². The highest BCUT2D eigenvalue weighted by molar-refractivity contribution is 5.79. The van der Waals surface area contributed by atoms with Gasteiger partial charge in [0.15, 0.2) is 0 Å². The SMILES string of the molecule is CCc1ccccc1CNC(=O)C1CCN(c2cnccn2)CC1. The summed E-state index contributed by atoms with van der Waals surface area (Å²) in [5.74, 6) is 1.15. The minimum atomic E-state index is 0.0895. The Labute approximate surface area is 143 Å². The Hall–Kier alpha value is -2.43. The van der Waals surface area contributed by atoms with Gasteiger partial charge in [-0.05, 0) is 30.4 Å². The van der Waals surface area contributed by atoms with Gasteiger partial charge in [-0.1, -0.05) is 31.2 Å². The molecule has 1 amide bonds. The number of hydrogen-bond acceptors (Lipinski definition) is 4. The summed E-state index contributed by atoms with van der Waals surface area (Å²) in [5.41, 5.74) is 2.51. The van der Waals surface area contributed by atoms with Crippen LogP contribution in [-0.2, 0) is 17.8 Å². The summed E-state index contributed by atoms with van der Waals surface area (Å²) in [7, 11) is 0. The third kappa shape index (κ3) is 3.91. The Kier molecular flexibility index (Phi) is 5.41.